The van der Waals surface area contributed by atoms with E-state index in [1.165, 1.54) is 18.4 Å². The number of benzene rings is 1. The highest BCUT2D eigenvalue weighted by Crippen LogP contribution is 2.39. The quantitative estimate of drug-likeness (QED) is 0.364. The fraction of sp³-hybridized carbons (Fsp3) is 0.724. The van der Waals surface area contributed by atoms with E-state index >= 15 is 0 Å². The number of nitrogens with one attached hydrogen (secondary N) is 1. The summed E-state index contributed by atoms with van der Waals surface area (Å²) in [6.07, 6.45) is 8.88. The second kappa shape index (κ2) is 15.9. The number of carboxylic acid groups (broad SMARTS) is 1. The van der Waals surface area contributed by atoms with E-state index in [1.807, 2.05) is 6.07 Å². The van der Waals surface area contributed by atoms with Gasteiger partial charge in [-0.05, 0) is 55.7 Å². The maximum atomic E-state index is 13.4. The Morgan fingerprint density at radius 1 is 1.08 bits per heavy atom. The maximum Gasteiger partial charge on any atom is 0.300 e. The molecule has 1 aromatic carbocycles. The summed E-state index contributed by atoms with van der Waals surface area (Å²) in [6, 6.07) is 6.71. The minimum atomic E-state index is -0.833. The van der Waals surface area contributed by atoms with Crippen LogP contribution >= 0.6 is 0 Å². The summed E-state index contributed by atoms with van der Waals surface area (Å²) in [4.78, 5) is 27.0. The van der Waals surface area contributed by atoms with E-state index in [0.717, 1.165) is 89.7 Å². The molecular weight excluding hydrogens is 486 g/mol. The number of fused-ring (bicyclic) bond motifs is 1. The lowest BCUT2D eigenvalue weighted by atomic mass is 9.94. The Morgan fingerprint density at radius 3 is 2.53 bits per heavy atom. The number of hydrogen-bond acceptors (Lipinski definition) is 7. The molecule has 0 radical (unpaired) electrons. The highest BCUT2D eigenvalue weighted by Gasteiger charge is 2.35. The molecule has 2 N–H and O–H groups in total. The molecule has 0 spiro atoms. The predicted molar refractivity (Wildman–Crippen MR) is 147 cm³/mol. The van der Waals surface area contributed by atoms with Gasteiger partial charge < -0.3 is 24.2 Å². The first kappa shape index (κ1) is 30.2. The summed E-state index contributed by atoms with van der Waals surface area (Å²) in [7, 11) is 0. The molecular formula is C29H47N3O6. The number of carbonyl (C=O) groups excluding carboxylic acids is 1. The van der Waals surface area contributed by atoms with Crippen molar-refractivity contribution in [3.8, 4) is 11.5 Å². The summed E-state index contributed by atoms with van der Waals surface area (Å²) >= 11 is 0. The van der Waals surface area contributed by atoms with Crippen molar-refractivity contribution in [3.05, 3.63) is 23.8 Å². The van der Waals surface area contributed by atoms with Gasteiger partial charge in [0.15, 0.2) is 11.5 Å². The fourth-order valence-electron chi connectivity index (χ4n) is 5.43. The van der Waals surface area contributed by atoms with Crippen LogP contribution in [0.1, 0.15) is 83.6 Å². The van der Waals surface area contributed by atoms with E-state index < -0.39 is 5.97 Å². The molecule has 9 nitrogen and oxygen atoms in total. The average molecular weight is 534 g/mol. The van der Waals surface area contributed by atoms with Crippen molar-refractivity contribution >= 4 is 11.9 Å². The molecule has 3 aliphatic heterocycles. The van der Waals surface area contributed by atoms with Gasteiger partial charge in [-0.2, -0.15) is 0 Å². The largest absolute Gasteiger partial charge is 0.481 e. The van der Waals surface area contributed by atoms with Gasteiger partial charge in [0.2, 0.25) is 12.7 Å². The first-order valence-corrected chi connectivity index (χ1v) is 14.4. The molecule has 3 unspecified atom stereocenters. The van der Waals surface area contributed by atoms with Gasteiger partial charge in [0.1, 0.15) is 6.23 Å². The van der Waals surface area contributed by atoms with Crippen LogP contribution in [0.5, 0.6) is 11.5 Å². The van der Waals surface area contributed by atoms with E-state index in [4.69, 9.17) is 24.1 Å². The van der Waals surface area contributed by atoms with E-state index in [-0.39, 0.29) is 12.1 Å². The molecule has 0 aliphatic carbocycles. The van der Waals surface area contributed by atoms with Crippen molar-refractivity contribution in [1.29, 1.82) is 0 Å². The zero-order valence-corrected chi connectivity index (χ0v) is 23.5. The van der Waals surface area contributed by atoms with Gasteiger partial charge in [0, 0.05) is 39.1 Å². The molecule has 3 aliphatic rings. The first-order valence-electron chi connectivity index (χ1n) is 14.4. The summed E-state index contributed by atoms with van der Waals surface area (Å²) in [5, 5.41) is 10.8. The predicted octanol–water partition coefficient (Wildman–Crippen LogP) is 4.21. The lowest BCUT2D eigenvalue weighted by Gasteiger charge is -2.29. The Labute approximate surface area is 227 Å². The third-order valence-electron chi connectivity index (χ3n) is 7.46. The van der Waals surface area contributed by atoms with Gasteiger partial charge in [0.25, 0.3) is 5.97 Å². The first-order chi connectivity index (χ1) is 18.4. The molecule has 3 heterocycles. The molecule has 38 heavy (non-hydrogen) atoms. The molecule has 1 aromatic rings. The van der Waals surface area contributed by atoms with Crippen molar-refractivity contribution in [3.63, 3.8) is 0 Å². The van der Waals surface area contributed by atoms with Crippen LogP contribution in [0.15, 0.2) is 18.2 Å². The molecule has 0 aromatic heterocycles. The number of hydrogen-bond donors (Lipinski definition) is 2. The lowest BCUT2D eigenvalue weighted by Crippen LogP contribution is -2.43. The number of aliphatic carboxylic acids is 1. The number of amides is 1. The highest BCUT2D eigenvalue weighted by molar-refractivity contribution is 5.78. The van der Waals surface area contributed by atoms with Crippen LogP contribution in [0.25, 0.3) is 0 Å². The normalized spacial score (nSPS) is 22.2. The van der Waals surface area contributed by atoms with Crippen molar-refractivity contribution < 1.29 is 28.9 Å². The van der Waals surface area contributed by atoms with Crippen molar-refractivity contribution in [2.75, 3.05) is 46.1 Å². The van der Waals surface area contributed by atoms with E-state index in [1.54, 1.807) is 0 Å². The highest BCUT2D eigenvalue weighted by atomic mass is 16.7. The van der Waals surface area contributed by atoms with Crippen LogP contribution in [0, 0.1) is 0 Å². The Kier molecular flexibility index (Phi) is 12.6. The molecule has 2 saturated heterocycles. The van der Waals surface area contributed by atoms with Gasteiger partial charge in [-0.15, -0.1) is 0 Å². The van der Waals surface area contributed by atoms with Crippen molar-refractivity contribution in [1.82, 2.24) is 15.1 Å². The topological polar surface area (TPSA) is 101 Å². The second-order valence-electron chi connectivity index (χ2n) is 10.5. The molecule has 214 valence electrons. The van der Waals surface area contributed by atoms with Crippen LogP contribution in [0.3, 0.4) is 0 Å². The number of likely N-dealkylation sites (tertiary alicyclic amines) is 1. The lowest BCUT2D eigenvalue weighted by molar-refractivity contribution is -0.134. The van der Waals surface area contributed by atoms with Crippen LogP contribution < -0.4 is 14.8 Å². The number of unbranched alkanes of at least 4 members (excludes halogenated alkanes) is 3. The van der Waals surface area contributed by atoms with Gasteiger partial charge in [0.05, 0.1) is 13.2 Å². The van der Waals surface area contributed by atoms with Gasteiger partial charge >= 0.3 is 0 Å². The Hall–Kier alpha value is -2.36. The van der Waals surface area contributed by atoms with Crippen molar-refractivity contribution in [2.45, 2.75) is 90.3 Å². The van der Waals surface area contributed by atoms with Gasteiger partial charge in [-0.1, -0.05) is 39.2 Å². The van der Waals surface area contributed by atoms with E-state index in [0.29, 0.717) is 25.3 Å². The summed E-state index contributed by atoms with van der Waals surface area (Å²) < 4.78 is 16.9. The monoisotopic (exact) mass is 533 g/mol. The van der Waals surface area contributed by atoms with Crippen LogP contribution in [0.4, 0.5) is 0 Å². The van der Waals surface area contributed by atoms with E-state index in [2.05, 4.69) is 41.1 Å². The molecule has 2 fully saturated rings. The summed E-state index contributed by atoms with van der Waals surface area (Å²) in [5.74, 6) is 1.52. The third-order valence-corrected chi connectivity index (χ3v) is 7.46. The second-order valence-corrected chi connectivity index (χ2v) is 10.5. The third kappa shape index (κ3) is 9.43. The molecule has 0 saturated carbocycles. The molecule has 3 atom stereocenters. The number of nitrogens with zero attached hydrogens (tertiary/aromatic N) is 2. The van der Waals surface area contributed by atoms with Gasteiger partial charge in [-0.25, -0.2) is 0 Å². The van der Waals surface area contributed by atoms with Crippen molar-refractivity contribution in [2.24, 2.45) is 0 Å². The summed E-state index contributed by atoms with van der Waals surface area (Å²) in [5.41, 5.74) is 1.28. The average Bonchev–Trinajstić information content (AvgIpc) is 3.65. The minimum Gasteiger partial charge on any atom is -0.481 e. The zero-order chi connectivity index (χ0) is 27.3. The van der Waals surface area contributed by atoms with Gasteiger partial charge in [-0.3, -0.25) is 19.8 Å². The molecule has 4 rings (SSSR count). The van der Waals surface area contributed by atoms with Crippen LogP contribution in [-0.4, -0.2) is 85.2 Å². The standard InChI is InChI=1S/C27H43N3O4.C2H4O2/c1-3-5-7-14-29(13-6-4-2)27(31)19-30-18-22(16-23(30)9-11-26-28-12-15-32-26)21-8-10-24-25(17-21)34-20-33-24;1-2(3)4/h8,10,17,22-23,26,28H,3-7,9,11-16,18-20H2,1-2H3;1H3,(H,3,4). The number of ether oxygens (including phenoxy) is 3. The number of carboxylic acids is 1. The SMILES string of the molecule is CC(=O)O.CCCCCN(CCCC)C(=O)CN1CC(c2ccc3c(c2)OCO3)CC1CCC1NCCO1. The number of rotatable bonds is 13. The Bertz CT molecular complexity index is 872. The Morgan fingerprint density at radius 2 is 1.82 bits per heavy atom. The smallest absolute Gasteiger partial charge is 0.300 e. The minimum absolute atomic E-state index is 0.150. The van der Waals surface area contributed by atoms with Crippen LogP contribution in [0.2, 0.25) is 0 Å². The fourth-order valence-corrected chi connectivity index (χ4v) is 5.43. The Balaban J connectivity index is 0.000000934. The van der Waals surface area contributed by atoms with E-state index in [9.17, 15) is 4.79 Å². The molecule has 1 amide bonds. The zero-order valence-electron chi connectivity index (χ0n) is 23.5. The maximum absolute atomic E-state index is 13.4. The molecule has 0 bridgehead atoms. The van der Waals surface area contributed by atoms with Crippen LogP contribution in [-0.2, 0) is 14.3 Å². The molecule has 9 heteroatoms. The summed E-state index contributed by atoms with van der Waals surface area (Å²) in [6.45, 7) is 10.7. The number of carbonyl (C=O) groups is 2.